The molecule has 1 unspecified atom stereocenters. The number of carbonyl (C=O) groups is 1. The van der Waals surface area contributed by atoms with Crippen molar-refractivity contribution in [3.63, 3.8) is 0 Å². The van der Waals surface area contributed by atoms with Crippen LogP contribution in [0.1, 0.15) is 39.2 Å². The normalized spacial score (nSPS) is 16.1. The van der Waals surface area contributed by atoms with Crippen molar-refractivity contribution in [3.05, 3.63) is 29.8 Å². The number of aromatic hydroxyl groups is 1. The van der Waals surface area contributed by atoms with E-state index >= 15 is 0 Å². The Morgan fingerprint density at radius 2 is 1.95 bits per heavy atom. The minimum atomic E-state index is -0.475. The van der Waals surface area contributed by atoms with Crippen LogP contribution in [0.15, 0.2) is 24.3 Å². The van der Waals surface area contributed by atoms with Crippen molar-refractivity contribution in [2.24, 2.45) is 5.92 Å². The second-order valence-corrected chi connectivity index (χ2v) is 6.89. The van der Waals surface area contributed by atoms with Crippen LogP contribution in [-0.2, 0) is 11.3 Å². The highest BCUT2D eigenvalue weighted by molar-refractivity contribution is 5.68. The van der Waals surface area contributed by atoms with Crippen LogP contribution < -0.4 is 10.6 Å². The molecule has 1 fully saturated rings. The summed E-state index contributed by atoms with van der Waals surface area (Å²) in [6, 6.07) is 7.22. The van der Waals surface area contributed by atoms with Crippen molar-refractivity contribution < 1.29 is 14.6 Å². The smallest absolute Gasteiger partial charge is 0.407 e. The predicted octanol–water partition coefficient (Wildman–Crippen LogP) is 2.79. The highest BCUT2D eigenvalue weighted by Gasteiger charge is 2.33. The van der Waals surface area contributed by atoms with E-state index in [4.69, 9.17) is 4.74 Å². The molecule has 0 aromatic heterocycles. The zero-order chi connectivity index (χ0) is 16.2. The SMILES string of the molecule is CC(C)(C)OC(=O)NC(CNCc1ccc(O)cc1)C1CC1. The van der Waals surface area contributed by atoms with Crippen LogP contribution in [0.4, 0.5) is 4.79 Å². The zero-order valence-electron chi connectivity index (χ0n) is 13.6. The molecule has 22 heavy (non-hydrogen) atoms. The first-order valence-corrected chi connectivity index (χ1v) is 7.81. The number of ether oxygens (including phenoxy) is 1. The summed E-state index contributed by atoms with van der Waals surface area (Å²) in [5.41, 5.74) is 0.627. The number of amides is 1. The van der Waals surface area contributed by atoms with E-state index in [1.165, 1.54) is 0 Å². The van der Waals surface area contributed by atoms with E-state index in [9.17, 15) is 9.90 Å². The summed E-state index contributed by atoms with van der Waals surface area (Å²) in [4.78, 5) is 11.9. The molecule has 1 aliphatic rings. The largest absolute Gasteiger partial charge is 0.508 e. The van der Waals surface area contributed by atoms with E-state index in [0.717, 1.165) is 18.4 Å². The van der Waals surface area contributed by atoms with E-state index in [1.807, 2.05) is 32.9 Å². The van der Waals surface area contributed by atoms with Gasteiger partial charge in [0.05, 0.1) is 0 Å². The predicted molar refractivity (Wildman–Crippen MR) is 85.7 cm³/mol. The molecule has 0 spiro atoms. The molecule has 0 aliphatic heterocycles. The number of alkyl carbamates (subject to hydrolysis) is 1. The van der Waals surface area contributed by atoms with Crippen LogP contribution in [0.5, 0.6) is 5.75 Å². The number of phenols is 1. The number of hydrogen-bond donors (Lipinski definition) is 3. The summed E-state index contributed by atoms with van der Waals surface area (Å²) in [6.45, 7) is 7.01. The van der Waals surface area contributed by atoms with E-state index < -0.39 is 5.60 Å². The fraction of sp³-hybridized carbons (Fsp3) is 0.588. The van der Waals surface area contributed by atoms with Gasteiger partial charge in [-0.25, -0.2) is 4.79 Å². The van der Waals surface area contributed by atoms with Crippen molar-refractivity contribution in [2.75, 3.05) is 6.54 Å². The molecule has 1 aromatic rings. The molecule has 1 atom stereocenters. The van der Waals surface area contributed by atoms with Gasteiger partial charge in [0.15, 0.2) is 0 Å². The van der Waals surface area contributed by atoms with Crippen LogP contribution in [0.2, 0.25) is 0 Å². The Morgan fingerprint density at radius 3 is 2.50 bits per heavy atom. The van der Waals surface area contributed by atoms with E-state index in [0.29, 0.717) is 19.0 Å². The van der Waals surface area contributed by atoms with Gasteiger partial charge in [-0.15, -0.1) is 0 Å². The quantitative estimate of drug-likeness (QED) is 0.756. The number of hydrogen-bond acceptors (Lipinski definition) is 4. The number of rotatable bonds is 6. The average molecular weight is 306 g/mol. The number of phenolic OH excluding ortho intramolecular Hbond substituents is 1. The van der Waals surface area contributed by atoms with Gasteiger partial charge in [-0.2, -0.15) is 0 Å². The second-order valence-electron chi connectivity index (χ2n) is 6.89. The van der Waals surface area contributed by atoms with Gasteiger partial charge < -0.3 is 20.5 Å². The first-order valence-electron chi connectivity index (χ1n) is 7.81. The maximum atomic E-state index is 11.9. The van der Waals surface area contributed by atoms with Gasteiger partial charge in [-0.1, -0.05) is 12.1 Å². The van der Waals surface area contributed by atoms with E-state index in [2.05, 4.69) is 10.6 Å². The lowest BCUT2D eigenvalue weighted by molar-refractivity contribution is 0.0497. The van der Waals surface area contributed by atoms with Crippen molar-refractivity contribution in [1.82, 2.24) is 10.6 Å². The van der Waals surface area contributed by atoms with Crippen LogP contribution in [-0.4, -0.2) is 29.4 Å². The Bertz CT molecular complexity index is 490. The fourth-order valence-corrected chi connectivity index (χ4v) is 2.28. The second kappa shape index (κ2) is 7.01. The minimum Gasteiger partial charge on any atom is -0.508 e. The highest BCUT2D eigenvalue weighted by atomic mass is 16.6. The van der Waals surface area contributed by atoms with Gasteiger partial charge in [0.2, 0.25) is 0 Å². The van der Waals surface area contributed by atoms with Gasteiger partial charge >= 0.3 is 6.09 Å². The van der Waals surface area contributed by atoms with Crippen LogP contribution >= 0.6 is 0 Å². The summed E-state index contributed by atoms with van der Waals surface area (Å²) < 4.78 is 5.32. The Labute approximate surface area is 132 Å². The lowest BCUT2D eigenvalue weighted by Gasteiger charge is -2.24. The lowest BCUT2D eigenvalue weighted by atomic mass is 10.1. The Balaban J connectivity index is 1.77. The molecule has 0 radical (unpaired) electrons. The zero-order valence-corrected chi connectivity index (χ0v) is 13.6. The molecule has 0 saturated heterocycles. The molecule has 5 nitrogen and oxygen atoms in total. The molecular formula is C17H26N2O3. The van der Waals surface area contributed by atoms with Gasteiger partial charge in [-0.05, 0) is 57.2 Å². The number of carbonyl (C=O) groups excluding carboxylic acids is 1. The monoisotopic (exact) mass is 306 g/mol. The molecule has 5 heteroatoms. The first-order chi connectivity index (χ1) is 10.3. The molecule has 122 valence electrons. The molecule has 3 N–H and O–H groups in total. The summed E-state index contributed by atoms with van der Waals surface area (Å²) >= 11 is 0. The molecule has 1 saturated carbocycles. The maximum absolute atomic E-state index is 11.9. The molecular weight excluding hydrogens is 280 g/mol. The molecule has 1 aliphatic carbocycles. The number of nitrogens with one attached hydrogen (secondary N) is 2. The van der Waals surface area contributed by atoms with Gasteiger partial charge in [-0.3, -0.25) is 0 Å². The molecule has 0 heterocycles. The van der Waals surface area contributed by atoms with Crippen LogP contribution in [0, 0.1) is 5.92 Å². The highest BCUT2D eigenvalue weighted by Crippen LogP contribution is 2.32. The van der Waals surface area contributed by atoms with Crippen molar-refractivity contribution in [2.45, 2.75) is 51.8 Å². The summed E-state index contributed by atoms with van der Waals surface area (Å²) in [7, 11) is 0. The summed E-state index contributed by atoms with van der Waals surface area (Å²) in [5, 5.41) is 15.6. The van der Waals surface area contributed by atoms with Crippen molar-refractivity contribution in [1.29, 1.82) is 0 Å². The third-order valence-electron chi connectivity index (χ3n) is 3.52. The van der Waals surface area contributed by atoms with Gasteiger partial charge in [0.1, 0.15) is 11.4 Å². The van der Waals surface area contributed by atoms with Crippen molar-refractivity contribution in [3.8, 4) is 5.75 Å². The number of benzene rings is 1. The Morgan fingerprint density at radius 1 is 1.32 bits per heavy atom. The summed E-state index contributed by atoms with van der Waals surface area (Å²) in [5.74, 6) is 0.811. The van der Waals surface area contributed by atoms with E-state index in [-0.39, 0.29) is 17.9 Å². The molecule has 2 rings (SSSR count). The maximum Gasteiger partial charge on any atom is 0.407 e. The fourth-order valence-electron chi connectivity index (χ4n) is 2.28. The Kier molecular flexibility index (Phi) is 5.29. The topological polar surface area (TPSA) is 70.6 Å². The van der Waals surface area contributed by atoms with Crippen LogP contribution in [0.3, 0.4) is 0 Å². The third kappa shape index (κ3) is 5.93. The molecule has 1 aromatic carbocycles. The standard InChI is InChI=1S/C17H26N2O3/c1-17(2,3)22-16(21)19-15(13-6-7-13)11-18-10-12-4-8-14(20)9-5-12/h4-5,8-9,13,15,18,20H,6-7,10-11H2,1-3H3,(H,19,21). The molecule has 1 amide bonds. The Hall–Kier alpha value is -1.75. The lowest BCUT2D eigenvalue weighted by Crippen LogP contribution is -2.45. The van der Waals surface area contributed by atoms with Gasteiger partial charge in [0, 0.05) is 19.1 Å². The van der Waals surface area contributed by atoms with E-state index in [1.54, 1.807) is 12.1 Å². The minimum absolute atomic E-state index is 0.104. The first kappa shape index (κ1) is 16.6. The van der Waals surface area contributed by atoms with Crippen molar-refractivity contribution >= 4 is 6.09 Å². The third-order valence-corrected chi connectivity index (χ3v) is 3.52. The average Bonchev–Trinajstić information content (AvgIpc) is 3.22. The molecule has 0 bridgehead atoms. The van der Waals surface area contributed by atoms with Crippen LogP contribution in [0.25, 0.3) is 0 Å². The van der Waals surface area contributed by atoms with Gasteiger partial charge in [0.25, 0.3) is 0 Å². The summed E-state index contributed by atoms with van der Waals surface area (Å²) in [6.07, 6.45) is 1.96.